The van der Waals surface area contributed by atoms with Gasteiger partial charge in [0.05, 0.1) is 22.6 Å². The van der Waals surface area contributed by atoms with E-state index in [1.54, 1.807) is 4.57 Å². The van der Waals surface area contributed by atoms with Crippen molar-refractivity contribution in [3.63, 3.8) is 0 Å². The number of fused-ring (bicyclic) bond motifs is 3. The Kier molecular flexibility index (Phi) is 2.11. The summed E-state index contributed by atoms with van der Waals surface area (Å²) >= 11 is 0. The van der Waals surface area contributed by atoms with Crippen molar-refractivity contribution in [2.24, 2.45) is 5.92 Å². The van der Waals surface area contributed by atoms with Crippen molar-refractivity contribution >= 4 is 16.9 Å². The van der Waals surface area contributed by atoms with Gasteiger partial charge in [0, 0.05) is 0 Å². The lowest BCUT2D eigenvalue weighted by atomic mass is 9.80. The third-order valence-electron chi connectivity index (χ3n) is 4.79. The van der Waals surface area contributed by atoms with Crippen molar-refractivity contribution in [1.29, 1.82) is 0 Å². The first-order valence-corrected chi connectivity index (χ1v) is 7.15. The molecule has 1 saturated heterocycles. The van der Waals surface area contributed by atoms with Gasteiger partial charge in [0.15, 0.2) is 0 Å². The molecule has 0 saturated carbocycles. The second kappa shape index (κ2) is 3.50. The van der Waals surface area contributed by atoms with Gasteiger partial charge in [-0.05, 0) is 45.7 Å². The molecule has 4 heterocycles. The van der Waals surface area contributed by atoms with Gasteiger partial charge < -0.3 is 4.74 Å². The van der Waals surface area contributed by atoms with Crippen molar-refractivity contribution in [2.75, 3.05) is 0 Å². The Morgan fingerprint density at radius 3 is 2.80 bits per heavy atom. The van der Waals surface area contributed by atoms with Gasteiger partial charge in [0.25, 0.3) is 0 Å². The highest BCUT2D eigenvalue weighted by atomic mass is 16.5. The van der Waals surface area contributed by atoms with Crippen LogP contribution in [0.3, 0.4) is 0 Å². The molecule has 0 N–H and O–H groups in total. The van der Waals surface area contributed by atoms with Crippen LogP contribution in [0.1, 0.15) is 44.2 Å². The van der Waals surface area contributed by atoms with Gasteiger partial charge in [-0.3, -0.25) is 9.36 Å². The van der Waals surface area contributed by atoms with Gasteiger partial charge in [-0.15, -0.1) is 0 Å². The lowest BCUT2D eigenvalue weighted by Gasteiger charge is -2.43. The fourth-order valence-corrected chi connectivity index (χ4v) is 3.81. The van der Waals surface area contributed by atoms with Crippen LogP contribution in [0.2, 0.25) is 0 Å². The summed E-state index contributed by atoms with van der Waals surface area (Å²) in [6.07, 6.45) is 1.70. The molecule has 0 unspecified atom stereocenters. The Balaban J connectivity index is 2.08. The third kappa shape index (κ3) is 1.35. The zero-order valence-corrected chi connectivity index (χ0v) is 12.0. The lowest BCUT2D eigenvalue weighted by Crippen LogP contribution is -2.47. The normalized spacial score (nSPS) is 31.4. The predicted octanol–water partition coefficient (Wildman–Crippen LogP) is 3.11. The highest BCUT2D eigenvalue weighted by Crippen LogP contribution is 2.48. The number of imidazole rings is 1. The van der Waals surface area contributed by atoms with E-state index in [-0.39, 0.29) is 11.8 Å². The van der Waals surface area contributed by atoms with E-state index in [4.69, 9.17) is 9.72 Å². The summed E-state index contributed by atoms with van der Waals surface area (Å²) < 4.78 is 8.10. The molecule has 5 rings (SSSR count). The Morgan fingerprint density at radius 1 is 1.30 bits per heavy atom. The van der Waals surface area contributed by atoms with Gasteiger partial charge in [-0.25, -0.2) is 4.98 Å². The fourth-order valence-electron chi connectivity index (χ4n) is 3.81. The number of para-hydroxylation sites is 2. The van der Waals surface area contributed by atoms with Gasteiger partial charge in [0.2, 0.25) is 5.91 Å². The van der Waals surface area contributed by atoms with E-state index in [1.807, 2.05) is 38.1 Å². The highest BCUT2D eigenvalue weighted by Gasteiger charge is 2.53. The van der Waals surface area contributed by atoms with E-state index in [0.717, 1.165) is 29.7 Å². The number of nitrogens with zero attached hydrogens (tertiary/aromatic N) is 2. The van der Waals surface area contributed by atoms with E-state index in [2.05, 4.69) is 6.92 Å². The molecule has 1 fully saturated rings. The van der Waals surface area contributed by atoms with Crippen molar-refractivity contribution < 1.29 is 9.53 Å². The largest absolute Gasteiger partial charge is 0.361 e. The number of carbonyl (C=O) groups is 1. The minimum absolute atomic E-state index is 0.102. The Labute approximate surface area is 117 Å². The first-order chi connectivity index (χ1) is 9.42. The Morgan fingerprint density at radius 2 is 2.05 bits per heavy atom. The number of hydrogen-bond acceptors (Lipinski definition) is 3. The zero-order valence-electron chi connectivity index (χ0n) is 12.0. The second-order valence-electron chi connectivity index (χ2n) is 6.63. The van der Waals surface area contributed by atoms with Crippen LogP contribution in [-0.2, 0) is 10.3 Å². The average Bonchev–Trinajstić information content (AvgIpc) is 2.70. The standard InChI is InChI=1S/C16H18N2O2/c1-15(2)10-8-9-16(3,20-15)14-17-11-6-4-5-7-12(11)18(14)13(10)19/h4-7,10H,8-9H2,1-3H3/t10-,16+/m0/s1. The maximum atomic E-state index is 13.0. The SMILES string of the molecule is CC1(C)O[C@]2(C)CC[C@H]1C(=O)n1c2nc2ccccc21. The molecule has 1 aromatic heterocycles. The summed E-state index contributed by atoms with van der Waals surface area (Å²) in [4.78, 5) is 17.7. The average molecular weight is 270 g/mol. The second-order valence-corrected chi connectivity index (χ2v) is 6.63. The minimum Gasteiger partial charge on any atom is -0.361 e. The summed E-state index contributed by atoms with van der Waals surface area (Å²) in [5, 5.41) is 0. The Bertz CT molecular complexity index is 731. The van der Waals surface area contributed by atoms with Crippen LogP contribution in [0.5, 0.6) is 0 Å². The van der Waals surface area contributed by atoms with Crippen LogP contribution in [0, 0.1) is 5.92 Å². The van der Waals surface area contributed by atoms with Gasteiger partial charge in [-0.2, -0.15) is 0 Å². The molecule has 3 aliphatic heterocycles. The summed E-state index contributed by atoms with van der Waals surface area (Å²) in [6.45, 7) is 6.09. The predicted molar refractivity (Wildman–Crippen MR) is 75.6 cm³/mol. The maximum absolute atomic E-state index is 13.0. The van der Waals surface area contributed by atoms with Crippen LogP contribution in [0.4, 0.5) is 0 Å². The van der Waals surface area contributed by atoms with Crippen LogP contribution >= 0.6 is 0 Å². The zero-order chi connectivity index (χ0) is 14.1. The maximum Gasteiger partial charge on any atom is 0.238 e. The number of hydrogen-bond donors (Lipinski definition) is 0. The van der Waals surface area contributed by atoms with Crippen LogP contribution in [-0.4, -0.2) is 21.1 Å². The fraction of sp³-hybridized carbons (Fsp3) is 0.500. The van der Waals surface area contributed by atoms with Crippen LogP contribution in [0.25, 0.3) is 11.0 Å². The molecule has 2 bridgehead atoms. The molecule has 20 heavy (non-hydrogen) atoms. The molecule has 0 amide bonds. The molecular weight excluding hydrogens is 252 g/mol. The number of carbonyl (C=O) groups excluding carboxylic acids is 1. The first kappa shape index (κ1) is 12.1. The van der Waals surface area contributed by atoms with E-state index in [0.29, 0.717) is 0 Å². The van der Waals surface area contributed by atoms with Crippen molar-refractivity contribution in [1.82, 2.24) is 9.55 Å². The smallest absolute Gasteiger partial charge is 0.238 e. The van der Waals surface area contributed by atoms with Crippen LogP contribution in [0.15, 0.2) is 24.3 Å². The van der Waals surface area contributed by atoms with Crippen molar-refractivity contribution in [2.45, 2.75) is 44.8 Å². The van der Waals surface area contributed by atoms with Crippen LogP contribution < -0.4 is 0 Å². The highest BCUT2D eigenvalue weighted by molar-refractivity contribution is 5.93. The molecule has 2 atom stereocenters. The molecule has 3 aliphatic rings. The topological polar surface area (TPSA) is 44.1 Å². The number of benzene rings is 1. The van der Waals surface area contributed by atoms with E-state index in [9.17, 15) is 4.79 Å². The van der Waals surface area contributed by atoms with E-state index in [1.165, 1.54) is 0 Å². The van der Waals surface area contributed by atoms with E-state index < -0.39 is 11.2 Å². The summed E-state index contributed by atoms with van der Waals surface area (Å²) in [5.41, 5.74) is 0.842. The quantitative estimate of drug-likeness (QED) is 0.738. The lowest BCUT2D eigenvalue weighted by molar-refractivity contribution is -0.186. The van der Waals surface area contributed by atoms with Crippen molar-refractivity contribution in [3.8, 4) is 0 Å². The summed E-state index contributed by atoms with van der Waals surface area (Å²) in [6, 6.07) is 7.81. The first-order valence-electron chi connectivity index (χ1n) is 7.15. The molecule has 2 aromatic rings. The van der Waals surface area contributed by atoms with Crippen molar-refractivity contribution in [3.05, 3.63) is 30.1 Å². The minimum atomic E-state index is -0.481. The van der Waals surface area contributed by atoms with E-state index >= 15 is 0 Å². The summed E-state index contributed by atoms with van der Waals surface area (Å²) in [5.74, 6) is 0.783. The molecule has 1 aromatic carbocycles. The van der Waals surface area contributed by atoms with Gasteiger partial charge >= 0.3 is 0 Å². The molecule has 0 radical (unpaired) electrons. The number of aromatic nitrogens is 2. The van der Waals surface area contributed by atoms with Gasteiger partial charge in [0.1, 0.15) is 11.4 Å². The molecule has 0 spiro atoms. The van der Waals surface area contributed by atoms with Gasteiger partial charge in [-0.1, -0.05) is 12.1 Å². The molecule has 4 heteroatoms. The molecule has 104 valence electrons. The molecular formula is C16H18N2O2. The Hall–Kier alpha value is -1.68. The summed E-state index contributed by atoms with van der Waals surface area (Å²) in [7, 11) is 0. The number of ether oxygens (including phenoxy) is 1. The molecule has 4 nitrogen and oxygen atoms in total. The third-order valence-corrected chi connectivity index (χ3v) is 4.79. The number of rotatable bonds is 0. The molecule has 0 aliphatic carbocycles. The monoisotopic (exact) mass is 270 g/mol.